The minimum absolute atomic E-state index is 0.0153. The third-order valence-corrected chi connectivity index (χ3v) is 4.26. The molecule has 7 heteroatoms. The van der Waals surface area contributed by atoms with Crippen LogP contribution in [0.2, 0.25) is 0 Å². The quantitative estimate of drug-likeness (QED) is 0.902. The zero-order valence-corrected chi connectivity index (χ0v) is 14.0. The van der Waals surface area contributed by atoms with Crippen LogP contribution in [0.3, 0.4) is 0 Å². The van der Waals surface area contributed by atoms with E-state index in [1.807, 2.05) is 4.90 Å². The maximum atomic E-state index is 12.6. The molecule has 7 nitrogen and oxygen atoms in total. The van der Waals surface area contributed by atoms with Gasteiger partial charge < -0.3 is 20.3 Å². The van der Waals surface area contributed by atoms with Gasteiger partial charge in [-0.2, -0.15) is 0 Å². The number of rotatable bonds is 4. The Bertz CT molecular complexity index is 768. The molecule has 1 fully saturated rings. The summed E-state index contributed by atoms with van der Waals surface area (Å²) >= 11 is 0. The maximum absolute atomic E-state index is 12.6. The van der Waals surface area contributed by atoms with Gasteiger partial charge in [0.25, 0.3) is 11.8 Å². The summed E-state index contributed by atoms with van der Waals surface area (Å²) < 4.78 is 5.11. The van der Waals surface area contributed by atoms with Crippen molar-refractivity contribution in [1.82, 2.24) is 9.88 Å². The molecule has 130 valence electrons. The Morgan fingerprint density at radius 2 is 1.76 bits per heavy atom. The Morgan fingerprint density at radius 3 is 2.36 bits per heavy atom. The highest BCUT2D eigenvalue weighted by atomic mass is 16.5. The first-order valence-corrected chi connectivity index (χ1v) is 8.03. The summed E-state index contributed by atoms with van der Waals surface area (Å²) in [6, 6.07) is 10.4. The summed E-state index contributed by atoms with van der Waals surface area (Å²) in [5.74, 6) is 0.778. The first kappa shape index (κ1) is 16.8. The number of anilines is 1. The number of nitrogens with two attached hydrogens (primary N) is 1. The molecule has 3 rings (SSSR count). The third-order valence-electron chi connectivity index (χ3n) is 4.26. The lowest BCUT2D eigenvalue weighted by Gasteiger charge is -2.36. The largest absolute Gasteiger partial charge is 0.497 e. The molecule has 1 aliphatic heterocycles. The van der Waals surface area contributed by atoms with Gasteiger partial charge in [-0.1, -0.05) is 0 Å². The number of pyridine rings is 1. The van der Waals surface area contributed by atoms with Crippen molar-refractivity contribution in [2.75, 3.05) is 38.2 Å². The molecule has 0 atom stereocenters. The van der Waals surface area contributed by atoms with Crippen LogP contribution in [0, 0.1) is 0 Å². The molecule has 1 aromatic heterocycles. The number of ether oxygens (including phenoxy) is 1. The van der Waals surface area contributed by atoms with E-state index in [9.17, 15) is 9.59 Å². The van der Waals surface area contributed by atoms with E-state index in [-0.39, 0.29) is 5.91 Å². The normalized spacial score (nSPS) is 14.3. The molecule has 2 amide bonds. The van der Waals surface area contributed by atoms with Crippen LogP contribution in [-0.2, 0) is 0 Å². The van der Waals surface area contributed by atoms with Crippen molar-refractivity contribution in [2.45, 2.75) is 0 Å². The molecule has 0 saturated carbocycles. The van der Waals surface area contributed by atoms with E-state index in [0.717, 1.165) is 5.75 Å². The molecular formula is C18H20N4O3. The molecule has 2 heterocycles. The maximum Gasteiger partial charge on any atom is 0.253 e. The van der Waals surface area contributed by atoms with E-state index in [1.54, 1.807) is 54.6 Å². The van der Waals surface area contributed by atoms with E-state index in [4.69, 9.17) is 10.5 Å². The average molecular weight is 340 g/mol. The number of piperazine rings is 1. The van der Waals surface area contributed by atoms with Crippen LogP contribution in [0.4, 0.5) is 5.82 Å². The van der Waals surface area contributed by atoms with Crippen LogP contribution < -0.4 is 15.4 Å². The van der Waals surface area contributed by atoms with E-state index in [2.05, 4.69) is 4.98 Å². The van der Waals surface area contributed by atoms with Crippen molar-refractivity contribution in [3.63, 3.8) is 0 Å². The number of carbonyl (C=O) groups is 2. The van der Waals surface area contributed by atoms with Gasteiger partial charge in [0.2, 0.25) is 0 Å². The first-order chi connectivity index (χ1) is 12.1. The molecule has 0 aliphatic carbocycles. The Balaban J connectivity index is 1.67. The van der Waals surface area contributed by atoms with Crippen molar-refractivity contribution >= 4 is 17.6 Å². The SMILES string of the molecule is COc1ccc(C(=O)N2CCN(c3ncccc3C(N)=O)CC2)cc1. The second-order valence-corrected chi connectivity index (χ2v) is 5.75. The fraction of sp³-hybridized carbons (Fsp3) is 0.278. The van der Waals surface area contributed by atoms with Crippen LogP contribution in [-0.4, -0.2) is 55.0 Å². The van der Waals surface area contributed by atoms with E-state index in [0.29, 0.717) is 43.1 Å². The smallest absolute Gasteiger partial charge is 0.253 e. The molecule has 2 N–H and O–H groups in total. The summed E-state index contributed by atoms with van der Waals surface area (Å²) in [4.78, 5) is 32.2. The minimum atomic E-state index is -0.500. The highest BCUT2D eigenvalue weighted by Gasteiger charge is 2.25. The van der Waals surface area contributed by atoms with Gasteiger partial charge in [0.1, 0.15) is 11.6 Å². The lowest BCUT2D eigenvalue weighted by molar-refractivity contribution is 0.0745. The summed E-state index contributed by atoms with van der Waals surface area (Å²) in [5.41, 5.74) is 6.45. The molecule has 1 aliphatic rings. The molecule has 0 spiro atoms. The van der Waals surface area contributed by atoms with E-state index in [1.165, 1.54) is 0 Å². The second kappa shape index (κ2) is 7.21. The number of benzene rings is 1. The Labute approximate surface area is 146 Å². The first-order valence-electron chi connectivity index (χ1n) is 8.03. The fourth-order valence-corrected chi connectivity index (χ4v) is 2.88. The fourth-order valence-electron chi connectivity index (χ4n) is 2.88. The monoisotopic (exact) mass is 340 g/mol. The van der Waals surface area contributed by atoms with Gasteiger partial charge >= 0.3 is 0 Å². The molecule has 0 unspecified atom stereocenters. The molecule has 0 radical (unpaired) electrons. The highest BCUT2D eigenvalue weighted by Crippen LogP contribution is 2.20. The minimum Gasteiger partial charge on any atom is -0.497 e. The zero-order chi connectivity index (χ0) is 17.8. The van der Waals surface area contributed by atoms with E-state index >= 15 is 0 Å². The number of carbonyl (C=O) groups excluding carboxylic acids is 2. The third kappa shape index (κ3) is 3.55. The number of amides is 2. The van der Waals surface area contributed by atoms with Gasteiger partial charge in [-0.05, 0) is 36.4 Å². The van der Waals surface area contributed by atoms with E-state index < -0.39 is 5.91 Å². The number of methoxy groups -OCH3 is 1. The van der Waals surface area contributed by atoms with Crippen molar-refractivity contribution < 1.29 is 14.3 Å². The molecule has 1 saturated heterocycles. The molecular weight excluding hydrogens is 320 g/mol. The summed E-state index contributed by atoms with van der Waals surface area (Å²) in [6.07, 6.45) is 1.64. The van der Waals surface area contributed by atoms with Crippen LogP contribution in [0.15, 0.2) is 42.6 Å². The molecule has 1 aromatic carbocycles. The number of hydrogen-bond acceptors (Lipinski definition) is 5. The van der Waals surface area contributed by atoms with Gasteiger partial charge in [-0.15, -0.1) is 0 Å². The number of hydrogen-bond donors (Lipinski definition) is 1. The predicted molar refractivity (Wildman–Crippen MR) is 93.9 cm³/mol. The van der Waals surface area contributed by atoms with Gasteiger partial charge in [-0.3, -0.25) is 9.59 Å². The summed E-state index contributed by atoms with van der Waals surface area (Å²) in [7, 11) is 1.59. The summed E-state index contributed by atoms with van der Waals surface area (Å²) in [5, 5.41) is 0. The lowest BCUT2D eigenvalue weighted by Crippen LogP contribution is -2.49. The number of primary amides is 1. The molecule has 0 bridgehead atoms. The highest BCUT2D eigenvalue weighted by molar-refractivity contribution is 5.98. The second-order valence-electron chi connectivity index (χ2n) is 5.75. The van der Waals surface area contributed by atoms with Gasteiger partial charge in [0, 0.05) is 37.9 Å². The van der Waals surface area contributed by atoms with Crippen LogP contribution in [0.5, 0.6) is 5.75 Å². The van der Waals surface area contributed by atoms with Crippen LogP contribution in [0.1, 0.15) is 20.7 Å². The number of nitrogens with zero attached hydrogens (tertiary/aromatic N) is 3. The van der Waals surface area contributed by atoms with Gasteiger partial charge in [-0.25, -0.2) is 4.98 Å². The Kier molecular flexibility index (Phi) is 4.83. The zero-order valence-electron chi connectivity index (χ0n) is 14.0. The van der Waals surface area contributed by atoms with Crippen LogP contribution in [0.25, 0.3) is 0 Å². The topological polar surface area (TPSA) is 88.8 Å². The summed E-state index contributed by atoms with van der Waals surface area (Å²) in [6.45, 7) is 2.30. The van der Waals surface area contributed by atoms with Crippen LogP contribution >= 0.6 is 0 Å². The standard InChI is InChI=1S/C18H20N4O3/c1-25-14-6-4-13(5-7-14)18(24)22-11-9-21(10-12-22)17-15(16(19)23)3-2-8-20-17/h2-8H,9-12H2,1H3,(H2,19,23). The molecule has 25 heavy (non-hydrogen) atoms. The average Bonchev–Trinajstić information content (AvgIpc) is 2.67. The van der Waals surface area contributed by atoms with Crippen molar-refractivity contribution in [3.8, 4) is 5.75 Å². The van der Waals surface area contributed by atoms with Gasteiger partial charge in [0.05, 0.1) is 12.7 Å². The Hall–Kier alpha value is -3.09. The Morgan fingerprint density at radius 1 is 1.08 bits per heavy atom. The predicted octanol–water partition coefficient (Wildman–Crippen LogP) is 1.15. The van der Waals surface area contributed by atoms with Crippen molar-refractivity contribution in [2.24, 2.45) is 5.73 Å². The molecule has 2 aromatic rings. The van der Waals surface area contributed by atoms with Crippen molar-refractivity contribution in [1.29, 1.82) is 0 Å². The van der Waals surface area contributed by atoms with Crippen molar-refractivity contribution in [3.05, 3.63) is 53.7 Å². The number of aromatic nitrogens is 1. The van der Waals surface area contributed by atoms with Gasteiger partial charge in [0.15, 0.2) is 0 Å². The lowest BCUT2D eigenvalue weighted by atomic mass is 10.1.